The van der Waals surface area contributed by atoms with Crippen molar-refractivity contribution in [2.24, 2.45) is 5.41 Å². The summed E-state index contributed by atoms with van der Waals surface area (Å²) in [6.07, 6.45) is 4.09. The number of nitrogens with one attached hydrogen (secondary N) is 1. The van der Waals surface area contributed by atoms with Crippen LogP contribution in [0.25, 0.3) is 0 Å². The number of hydrogen-bond acceptors (Lipinski definition) is 3. The Kier molecular flexibility index (Phi) is 3.08. The molecule has 0 aromatic carbocycles. The van der Waals surface area contributed by atoms with Gasteiger partial charge in [0.1, 0.15) is 10.9 Å². The Morgan fingerprint density at radius 2 is 2.33 bits per heavy atom. The molecule has 1 fully saturated rings. The van der Waals surface area contributed by atoms with E-state index >= 15 is 0 Å². The van der Waals surface area contributed by atoms with E-state index in [4.69, 9.17) is 5.26 Å². The van der Waals surface area contributed by atoms with Gasteiger partial charge in [-0.15, -0.1) is 11.3 Å². The average Bonchev–Trinajstić information content (AvgIpc) is 2.63. The van der Waals surface area contributed by atoms with Crippen LogP contribution in [-0.4, -0.2) is 6.54 Å². The SMILES string of the molecule is CC1(CNCc2ccc(C#N)s2)CCC1. The highest BCUT2D eigenvalue weighted by Gasteiger charge is 2.30. The second-order valence-electron chi connectivity index (χ2n) is 4.65. The van der Waals surface area contributed by atoms with Crippen LogP contribution in [0.2, 0.25) is 0 Å². The van der Waals surface area contributed by atoms with Crippen molar-refractivity contribution in [3.05, 3.63) is 21.9 Å². The van der Waals surface area contributed by atoms with Crippen molar-refractivity contribution < 1.29 is 0 Å². The number of hydrogen-bond donors (Lipinski definition) is 1. The maximum Gasteiger partial charge on any atom is 0.110 e. The van der Waals surface area contributed by atoms with Gasteiger partial charge in [-0.2, -0.15) is 5.26 Å². The molecule has 1 aliphatic rings. The van der Waals surface area contributed by atoms with Crippen LogP contribution >= 0.6 is 11.3 Å². The van der Waals surface area contributed by atoms with E-state index in [2.05, 4.69) is 18.3 Å². The van der Waals surface area contributed by atoms with Gasteiger partial charge in [0, 0.05) is 18.0 Å². The standard InChI is InChI=1S/C12H16N2S/c1-12(5-2-6-12)9-14-8-11-4-3-10(7-13)15-11/h3-4,14H,2,5-6,8-9H2,1H3. The molecule has 0 saturated heterocycles. The third-order valence-corrected chi connectivity index (χ3v) is 4.17. The second-order valence-corrected chi connectivity index (χ2v) is 5.81. The third kappa shape index (κ3) is 2.58. The number of nitriles is 1. The Hall–Kier alpha value is -0.850. The van der Waals surface area contributed by atoms with Gasteiger partial charge in [0.05, 0.1) is 0 Å². The zero-order chi connectivity index (χ0) is 10.7. The lowest BCUT2D eigenvalue weighted by atomic mass is 9.70. The van der Waals surface area contributed by atoms with E-state index in [0.717, 1.165) is 18.0 Å². The summed E-state index contributed by atoms with van der Waals surface area (Å²) in [5.74, 6) is 0. The number of thiophene rings is 1. The Balaban J connectivity index is 1.76. The minimum Gasteiger partial charge on any atom is -0.311 e. The molecule has 1 aromatic heterocycles. The molecule has 0 spiro atoms. The summed E-state index contributed by atoms with van der Waals surface area (Å²) in [6, 6.07) is 6.10. The number of rotatable bonds is 4. The van der Waals surface area contributed by atoms with Crippen LogP contribution in [0.3, 0.4) is 0 Å². The van der Waals surface area contributed by atoms with Gasteiger partial charge < -0.3 is 5.32 Å². The van der Waals surface area contributed by atoms with Gasteiger partial charge in [-0.25, -0.2) is 0 Å². The summed E-state index contributed by atoms with van der Waals surface area (Å²) in [5.41, 5.74) is 0.537. The summed E-state index contributed by atoms with van der Waals surface area (Å²) >= 11 is 1.59. The minimum atomic E-state index is 0.537. The second kappa shape index (κ2) is 4.34. The van der Waals surface area contributed by atoms with E-state index in [1.54, 1.807) is 11.3 Å². The lowest BCUT2D eigenvalue weighted by Gasteiger charge is -2.38. The van der Waals surface area contributed by atoms with Crippen molar-refractivity contribution in [2.45, 2.75) is 32.7 Å². The monoisotopic (exact) mass is 220 g/mol. The van der Waals surface area contributed by atoms with Gasteiger partial charge in [0.2, 0.25) is 0 Å². The summed E-state index contributed by atoms with van der Waals surface area (Å²) in [6.45, 7) is 4.35. The fourth-order valence-corrected chi connectivity index (χ4v) is 2.75. The molecule has 1 aliphatic carbocycles. The smallest absolute Gasteiger partial charge is 0.110 e. The van der Waals surface area contributed by atoms with Gasteiger partial charge in [-0.3, -0.25) is 0 Å². The van der Waals surface area contributed by atoms with E-state index in [1.165, 1.54) is 24.1 Å². The van der Waals surface area contributed by atoms with Crippen LogP contribution in [-0.2, 0) is 6.54 Å². The van der Waals surface area contributed by atoms with E-state index in [-0.39, 0.29) is 0 Å². The molecule has 0 atom stereocenters. The highest BCUT2D eigenvalue weighted by atomic mass is 32.1. The molecule has 0 radical (unpaired) electrons. The predicted molar refractivity (Wildman–Crippen MR) is 62.7 cm³/mol. The molecule has 1 heterocycles. The van der Waals surface area contributed by atoms with Crippen LogP contribution in [0.1, 0.15) is 35.9 Å². The minimum absolute atomic E-state index is 0.537. The molecule has 15 heavy (non-hydrogen) atoms. The fourth-order valence-electron chi connectivity index (χ4n) is 1.98. The van der Waals surface area contributed by atoms with E-state index < -0.39 is 0 Å². The van der Waals surface area contributed by atoms with Crippen LogP contribution in [0, 0.1) is 16.7 Å². The van der Waals surface area contributed by atoms with Crippen molar-refractivity contribution in [1.29, 1.82) is 5.26 Å². The highest BCUT2D eigenvalue weighted by Crippen LogP contribution is 2.39. The Morgan fingerprint density at radius 3 is 2.87 bits per heavy atom. The van der Waals surface area contributed by atoms with E-state index in [1.807, 2.05) is 12.1 Å². The van der Waals surface area contributed by atoms with Gasteiger partial charge >= 0.3 is 0 Å². The molecule has 1 aromatic rings. The predicted octanol–water partition coefficient (Wildman–Crippen LogP) is 2.90. The first-order valence-corrected chi connectivity index (χ1v) is 6.23. The largest absolute Gasteiger partial charge is 0.311 e. The van der Waals surface area contributed by atoms with Gasteiger partial charge in [0.25, 0.3) is 0 Å². The topological polar surface area (TPSA) is 35.8 Å². The van der Waals surface area contributed by atoms with Crippen molar-refractivity contribution in [2.75, 3.05) is 6.54 Å². The molecule has 2 rings (SSSR count). The van der Waals surface area contributed by atoms with E-state index in [9.17, 15) is 0 Å². The third-order valence-electron chi connectivity index (χ3n) is 3.18. The molecule has 1 saturated carbocycles. The molecule has 1 N–H and O–H groups in total. The van der Waals surface area contributed by atoms with Gasteiger partial charge in [0.15, 0.2) is 0 Å². The maximum atomic E-state index is 8.69. The molecule has 0 aliphatic heterocycles. The normalized spacial score (nSPS) is 18.1. The van der Waals surface area contributed by atoms with Crippen molar-refractivity contribution in [1.82, 2.24) is 5.32 Å². The first-order valence-electron chi connectivity index (χ1n) is 5.41. The molecule has 0 bridgehead atoms. The van der Waals surface area contributed by atoms with Crippen LogP contribution < -0.4 is 5.32 Å². The highest BCUT2D eigenvalue weighted by molar-refractivity contribution is 7.12. The molecule has 0 amide bonds. The fraction of sp³-hybridized carbons (Fsp3) is 0.583. The van der Waals surface area contributed by atoms with Crippen LogP contribution in [0.4, 0.5) is 0 Å². The zero-order valence-corrected chi connectivity index (χ0v) is 9.86. The maximum absolute atomic E-state index is 8.69. The molecule has 0 unspecified atom stereocenters. The molecule has 2 nitrogen and oxygen atoms in total. The Labute approximate surface area is 94.9 Å². The number of nitrogens with zero attached hydrogens (tertiary/aromatic N) is 1. The van der Waals surface area contributed by atoms with Gasteiger partial charge in [-0.05, 0) is 30.4 Å². The summed E-state index contributed by atoms with van der Waals surface area (Å²) < 4.78 is 0. The lowest BCUT2D eigenvalue weighted by Crippen LogP contribution is -2.36. The quantitative estimate of drug-likeness (QED) is 0.847. The summed E-state index contributed by atoms with van der Waals surface area (Å²) in [7, 11) is 0. The Morgan fingerprint density at radius 1 is 1.53 bits per heavy atom. The van der Waals surface area contributed by atoms with Crippen LogP contribution in [0.5, 0.6) is 0 Å². The average molecular weight is 220 g/mol. The van der Waals surface area contributed by atoms with E-state index in [0.29, 0.717) is 5.41 Å². The first kappa shape index (κ1) is 10.7. The van der Waals surface area contributed by atoms with Crippen molar-refractivity contribution >= 4 is 11.3 Å². The first-order chi connectivity index (χ1) is 7.22. The van der Waals surface area contributed by atoms with Crippen LogP contribution in [0.15, 0.2) is 12.1 Å². The molecular weight excluding hydrogens is 204 g/mol. The molecular formula is C12H16N2S. The Bertz CT molecular complexity index is 371. The molecule has 3 heteroatoms. The zero-order valence-electron chi connectivity index (χ0n) is 9.05. The van der Waals surface area contributed by atoms with Crippen molar-refractivity contribution in [3.63, 3.8) is 0 Å². The summed E-state index contributed by atoms with van der Waals surface area (Å²) in [5, 5.41) is 12.2. The lowest BCUT2D eigenvalue weighted by molar-refractivity contribution is 0.156. The molecule has 80 valence electrons. The van der Waals surface area contributed by atoms with Crippen molar-refractivity contribution in [3.8, 4) is 6.07 Å². The van der Waals surface area contributed by atoms with Gasteiger partial charge in [-0.1, -0.05) is 13.3 Å². The summed E-state index contributed by atoms with van der Waals surface area (Å²) in [4.78, 5) is 2.07.